The van der Waals surface area contributed by atoms with Crippen LogP contribution >= 0.6 is 12.4 Å². The highest BCUT2D eigenvalue weighted by Crippen LogP contribution is 2.43. The molecule has 34 heavy (non-hydrogen) atoms. The lowest BCUT2D eigenvalue weighted by atomic mass is 9.78. The number of rotatable bonds is 4. The minimum Gasteiger partial charge on any atom is -0.507 e. The number of benzene rings is 2. The quantitative estimate of drug-likeness (QED) is 0.445. The van der Waals surface area contributed by atoms with E-state index in [0.717, 1.165) is 35.2 Å². The zero-order valence-electron chi connectivity index (χ0n) is 21.3. The molecule has 1 aromatic heterocycles. The van der Waals surface area contributed by atoms with Crippen LogP contribution in [0.4, 0.5) is 0 Å². The second kappa shape index (κ2) is 9.37. The molecule has 1 atom stereocenters. The van der Waals surface area contributed by atoms with Crippen molar-refractivity contribution in [2.24, 2.45) is 0 Å². The summed E-state index contributed by atoms with van der Waals surface area (Å²) in [5.74, 6) is 0.865. The predicted molar refractivity (Wildman–Crippen MR) is 139 cm³/mol. The molecule has 0 saturated carbocycles. The van der Waals surface area contributed by atoms with Crippen LogP contribution in [0.25, 0.3) is 11.5 Å². The van der Waals surface area contributed by atoms with Crippen LogP contribution in [-0.2, 0) is 27.7 Å². The smallest absolute Gasteiger partial charge is 0.226 e. The van der Waals surface area contributed by atoms with Crippen LogP contribution in [0.5, 0.6) is 5.75 Å². The zero-order valence-corrected chi connectivity index (χ0v) is 22.1. The molecule has 0 amide bonds. The first-order chi connectivity index (χ1) is 15.5. The van der Waals surface area contributed by atoms with Crippen LogP contribution < -0.4 is 5.32 Å². The monoisotopic (exact) mass is 484 g/mol. The number of nitrogens with one attached hydrogen (secondary N) is 1. The minimum absolute atomic E-state index is 0. The van der Waals surface area contributed by atoms with Crippen LogP contribution in [0.1, 0.15) is 76.4 Å². The molecule has 6 heteroatoms. The van der Waals surface area contributed by atoms with Crippen LogP contribution in [-0.4, -0.2) is 23.2 Å². The molecule has 0 saturated heterocycles. The van der Waals surface area contributed by atoms with Crippen molar-refractivity contribution in [3.8, 4) is 17.2 Å². The van der Waals surface area contributed by atoms with Crippen molar-refractivity contribution in [3.63, 3.8) is 0 Å². The number of phenolic OH excluding ortho intramolecular Hbond substituents is 1. The van der Waals surface area contributed by atoms with Gasteiger partial charge in [-0.1, -0.05) is 65.8 Å². The molecule has 0 bridgehead atoms. The number of halogens is 1. The molecule has 3 aromatic rings. The molecule has 0 aliphatic carbocycles. The summed E-state index contributed by atoms with van der Waals surface area (Å²) < 4.78 is 12.4. The summed E-state index contributed by atoms with van der Waals surface area (Å²) in [5.41, 5.74) is 4.34. The van der Waals surface area contributed by atoms with E-state index in [1.165, 1.54) is 5.56 Å². The number of oxazole rings is 1. The average Bonchev–Trinajstić information content (AvgIpc) is 3.23. The van der Waals surface area contributed by atoms with Crippen molar-refractivity contribution < 1.29 is 14.3 Å². The number of ether oxygens (including phenoxy) is 1. The molecule has 5 nitrogen and oxygen atoms in total. The molecular formula is C28H37ClN2O3. The minimum atomic E-state index is -0.845. The summed E-state index contributed by atoms with van der Waals surface area (Å²) in [4.78, 5) is 4.93. The molecule has 0 spiro atoms. The molecular weight excluding hydrogens is 448 g/mol. The Kier molecular flexibility index (Phi) is 7.24. The van der Waals surface area contributed by atoms with Crippen molar-refractivity contribution in [3.05, 3.63) is 70.6 Å². The summed E-state index contributed by atoms with van der Waals surface area (Å²) in [5, 5.41) is 14.6. The highest BCUT2D eigenvalue weighted by molar-refractivity contribution is 5.85. The molecule has 184 valence electrons. The number of fused-ring (bicyclic) bond motifs is 1. The number of aromatic nitrogens is 1. The Labute approximate surface area is 209 Å². The van der Waals surface area contributed by atoms with Crippen molar-refractivity contribution >= 4 is 12.4 Å². The van der Waals surface area contributed by atoms with Crippen molar-refractivity contribution in [2.45, 2.75) is 71.4 Å². The predicted octanol–water partition coefficient (Wildman–Crippen LogP) is 6.45. The molecule has 0 radical (unpaired) electrons. The van der Waals surface area contributed by atoms with E-state index in [2.05, 4.69) is 65.1 Å². The first-order valence-electron chi connectivity index (χ1n) is 11.8. The SMILES string of the molecule is CCOC1(c2coc(-c3cc(C(C)(C)C)c(O)c(C(C)(C)C)c3)n2)NCCc2ccccc21.Cl. The third kappa shape index (κ3) is 4.61. The highest BCUT2D eigenvalue weighted by Gasteiger charge is 2.42. The van der Waals surface area contributed by atoms with E-state index in [0.29, 0.717) is 23.9 Å². The lowest BCUT2D eigenvalue weighted by Gasteiger charge is -2.38. The van der Waals surface area contributed by atoms with E-state index in [9.17, 15) is 5.11 Å². The summed E-state index contributed by atoms with van der Waals surface area (Å²) in [6, 6.07) is 12.3. The molecule has 0 fully saturated rings. The number of hydrogen-bond acceptors (Lipinski definition) is 5. The molecule has 1 unspecified atom stereocenters. The van der Waals surface area contributed by atoms with Crippen LogP contribution in [0.15, 0.2) is 47.1 Å². The van der Waals surface area contributed by atoms with Gasteiger partial charge in [-0.2, -0.15) is 0 Å². The largest absolute Gasteiger partial charge is 0.507 e. The molecule has 2 N–H and O–H groups in total. The van der Waals surface area contributed by atoms with Gasteiger partial charge in [-0.3, -0.25) is 5.32 Å². The van der Waals surface area contributed by atoms with Gasteiger partial charge in [0.15, 0.2) is 5.72 Å². The fourth-order valence-electron chi connectivity index (χ4n) is 4.67. The second-order valence-corrected chi connectivity index (χ2v) is 10.9. The highest BCUT2D eigenvalue weighted by atomic mass is 35.5. The van der Waals surface area contributed by atoms with Crippen LogP contribution in [0.2, 0.25) is 0 Å². The summed E-state index contributed by atoms with van der Waals surface area (Å²) in [6.45, 7) is 15.9. The van der Waals surface area contributed by atoms with Crippen LogP contribution in [0.3, 0.4) is 0 Å². The Morgan fingerprint density at radius 3 is 2.26 bits per heavy atom. The maximum Gasteiger partial charge on any atom is 0.226 e. The van der Waals surface area contributed by atoms with E-state index < -0.39 is 5.72 Å². The third-order valence-corrected chi connectivity index (χ3v) is 6.36. The fraction of sp³-hybridized carbons (Fsp3) is 0.464. The van der Waals surface area contributed by atoms with E-state index >= 15 is 0 Å². The second-order valence-electron chi connectivity index (χ2n) is 10.9. The van der Waals surface area contributed by atoms with Crippen LogP contribution in [0, 0.1) is 0 Å². The first-order valence-corrected chi connectivity index (χ1v) is 11.8. The van der Waals surface area contributed by atoms with E-state index in [-0.39, 0.29) is 23.2 Å². The van der Waals surface area contributed by atoms with E-state index in [4.69, 9.17) is 14.1 Å². The zero-order chi connectivity index (χ0) is 24.0. The molecule has 2 aromatic carbocycles. The van der Waals surface area contributed by atoms with Gasteiger partial charge in [0.25, 0.3) is 0 Å². The number of aromatic hydroxyl groups is 1. The molecule has 4 rings (SSSR count). The summed E-state index contributed by atoms with van der Waals surface area (Å²) >= 11 is 0. The van der Waals surface area contributed by atoms with Gasteiger partial charge in [-0.05, 0) is 41.9 Å². The standard InChI is InChI=1S/C28H36N2O3.ClH/c1-8-33-28(20-12-10-9-11-18(20)13-14-29-28)23-17-32-25(30-23)19-15-21(26(2,3)4)24(31)22(16-19)27(5,6)7;/h9-12,15-17,29,31H,8,13-14H2,1-7H3;1H. The maximum atomic E-state index is 11.1. The molecule has 1 aliphatic heterocycles. The van der Waals surface area contributed by atoms with Gasteiger partial charge in [0.2, 0.25) is 5.89 Å². The van der Waals surface area contributed by atoms with E-state index in [1.54, 1.807) is 6.26 Å². The van der Waals surface area contributed by atoms with E-state index in [1.807, 2.05) is 25.1 Å². The average molecular weight is 485 g/mol. The first kappa shape index (κ1) is 26.3. The lowest BCUT2D eigenvalue weighted by Crippen LogP contribution is -2.50. The number of nitrogens with zero attached hydrogens (tertiary/aromatic N) is 1. The van der Waals surface area contributed by atoms with Gasteiger partial charge in [-0.15, -0.1) is 12.4 Å². The Morgan fingerprint density at radius 2 is 1.68 bits per heavy atom. The maximum absolute atomic E-state index is 11.1. The Balaban J connectivity index is 0.00000324. The lowest BCUT2D eigenvalue weighted by molar-refractivity contribution is -0.0456. The molecule has 1 aliphatic rings. The fourth-order valence-corrected chi connectivity index (χ4v) is 4.67. The Hall–Kier alpha value is -2.34. The van der Waals surface area contributed by atoms with Crippen molar-refractivity contribution in [1.29, 1.82) is 0 Å². The number of hydrogen-bond donors (Lipinski definition) is 2. The topological polar surface area (TPSA) is 67.5 Å². The van der Waals surface area contributed by atoms with Gasteiger partial charge in [0.05, 0.1) is 0 Å². The normalized spacial score (nSPS) is 18.3. The van der Waals surface area contributed by atoms with Gasteiger partial charge in [0, 0.05) is 35.4 Å². The third-order valence-electron chi connectivity index (χ3n) is 6.36. The van der Waals surface area contributed by atoms with Gasteiger partial charge in [0.1, 0.15) is 17.7 Å². The van der Waals surface area contributed by atoms with Gasteiger partial charge < -0.3 is 14.3 Å². The Bertz CT molecular complexity index is 1120. The summed E-state index contributed by atoms with van der Waals surface area (Å²) in [7, 11) is 0. The number of phenols is 1. The van der Waals surface area contributed by atoms with Gasteiger partial charge >= 0.3 is 0 Å². The Morgan fingerprint density at radius 1 is 1.06 bits per heavy atom. The van der Waals surface area contributed by atoms with Crippen molar-refractivity contribution in [2.75, 3.05) is 13.2 Å². The van der Waals surface area contributed by atoms with Gasteiger partial charge in [-0.25, -0.2) is 4.98 Å². The van der Waals surface area contributed by atoms with Crippen molar-refractivity contribution in [1.82, 2.24) is 10.3 Å². The summed E-state index contributed by atoms with van der Waals surface area (Å²) in [6.07, 6.45) is 2.64. The molecule has 2 heterocycles.